The van der Waals surface area contributed by atoms with E-state index in [1.54, 1.807) is 0 Å². The molecule has 1 fully saturated rings. The fourth-order valence-electron chi connectivity index (χ4n) is 2.66. The zero-order chi connectivity index (χ0) is 15.2. The van der Waals surface area contributed by atoms with E-state index in [0.29, 0.717) is 19.6 Å². The van der Waals surface area contributed by atoms with Gasteiger partial charge in [-0.3, -0.25) is 4.79 Å². The van der Waals surface area contributed by atoms with Gasteiger partial charge >= 0.3 is 5.97 Å². The smallest absolute Gasteiger partial charge is 0.328 e. The van der Waals surface area contributed by atoms with Crippen LogP contribution in [-0.2, 0) is 14.3 Å². The van der Waals surface area contributed by atoms with Crippen LogP contribution < -0.4 is 0 Å². The summed E-state index contributed by atoms with van der Waals surface area (Å²) in [7, 11) is 0. The second kappa shape index (κ2) is 7.22. The molecule has 21 heavy (non-hydrogen) atoms. The van der Waals surface area contributed by atoms with Crippen LogP contribution in [-0.4, -0.2) is 47.7 Å². The Hall–Kier alpha value is -1.88. The predicted octanol–water partition coefficient (Wildman–Crippen LogP) is 1.88. The second-order valence-corrected chi connectivity index (χ2v) is 5.24. The first-order valence-corrected chi connectivity index (χ1v) is 7.28. The molecule has 5 nitrogen and oxygen atoms in total. The van der Waals surface area contributed by atoms with E-state index >= 15 is 0 Å². The first kappa shape index (κ1) is 15.5. The monoisotopic (exact) mass is 291 g/mol. The maximum Gasteiger partial charge on any atom is 0.328 e. The van der Waals surface area contributed by atoms with E-state index in [1.807, 2.05) is 37.3 Å². The molecule has 1 aliphatic rings. The maximum absolute atomic E-state index is 12.5. The summed E-state index contributed by atoms with van der Waals surface area (Å²) in [4.78, 5) is 25.1. The molecule has 0 spiro atoms. The Morgan fingerprint density at radius 1 is 1.38 bits per heavy atom. The molecule has 0 aliphatic carbocycles. The summed E-state index contributed by atoms with van der Waals surface area (Å²) in [5.41, 5.74) is 1.12. The number of benzene rings is 1. The lowest BCUT2D eigenvalue weighted by Crippen LogP contribution is -2.52. The highest BCUT2D eigenvalue weighted by molar-refractivity contribution is 5.84. The quantitative estimate of drug-likeness (QED) is 0.899. The summed E-state index contributed by atoms with van der Waals surface area (Å²) in [6.45, 7) is 2.86. The molecule has 1 saturated heterocycles. The molecule has 2 unspecified atom stereocenters. The number of carbonyl (C=O) groups is 2. The van der Waals surface area contributed by atoms with Gasteiger partial charge in [-0.05, 0) is 17.9 Å². The van der Waals surface area contributed by atoms with Gasteiger partial charge in [0.05, 0.1) is 13.2 Å². The zero-order valence-electron chi connectivity index (χ0n) is 12.2. The van der Waals surface area contributed by atoms with Crippen LogP contribution in [0.2, 0.25) is 0 Å². The summed E-state index contributed by atoms with van der Waals surface area (Å²) >= 11 is 0. The third-order valence-corrected chi connectivity index (χ3v) is 3.92. The molecule has 1 aromatic rings. The summed E-state index contributed by atoms with van der Waals surface area (Å²) in [5.74, 6) is -0.992. The van der Waals surface area contributed by atoms with Crippen LogP contribution in [0.5, 0.6) is 0 Å². The van der Waals surface area contributed by atoms with Crippen LogP contribution in [0.3, 0.4) is 0 Å². The van der Waals surface area contributed by atoms with Gasteiger partial charge in [0, 0.05) is 13.0 Å². The van der Waals surface area contributed by atoms with Crippen molar-refractivity contribution < 1.29 is 19.4 Å². The minimum Gasteiger partial charge on any atom is -0.480 e. The minimum absolute atomic E-state index is 0.0726. The molecule has 1 heterocycles. The average Bonchev–Trinajstić information content (AvgIpc) is 2.53. The van der Waals surface area contributed by atoms with Crippen molar-refractivity contribution in [3.8, 4) is 0 Å². The number of rotatable bonds is 5. The predicted molar refractivity (Wildman–Crippen MR) is 78.0 cm³/mol. The van der Waals surface area contributed by atoms with Gasteiger partial charge in [0.15, 0.2) is 6.04 Å². The Morgan fingerprint density at radius 3 is 2.71 bits per heavy atom. The Bertz CT molecular complexity index is 488. The molecule has 1 N–H and O–H groups in total. The van der Waals surface area contributed by atoms with Gasteiger partial charge in [-0.1, -0.05) is 37.3 Å². The summed E-state index contributed by atoms with van der Waals surface area (Å²) in [6, 6.07) is 9.01. The van der Waals surface area contributed by atoms with Crippen LogP contribution in [0.4, 0.5) is 0 Å². The first-order valence-electron chi connectivity index (χ1n) is 7.28. The fourth-order valence-corrected chi connectivity index (χ4v) is 2.66. The zero-order valence-corrected chi connectivity index (χ0v) is 12.2. The molecule has 5 heteroatoms. The topological polar surface area (TPSA) is 66.8 Å². The van der Waals surface area contributed by atoms with E-state index in [9.17, 15) is 14.7 Å². The average molecular weight is 291 g/mol. The number of carboxylic acid groups (broad SMARTS) is 1. The molecule has 2 atom stereocenters. The van der Waals surface area contributed by atoms with Gasteiger partial charge in [0.25, 0.3) is 0 Å². The number of aliphatic carboxylic acids is 1. The van der Waals surface area contributed by atoms with Crippen molar-refractivity contribution in [3.63, 3.8) is 0 Å². The Labute approximate surface area is 124 Å². The highest BCUT2D eigenvalue weighted by Crippen LogP contribution is 2.24. The van der Waals surface area contributed by atoms with Gasteiger partial charge in [0.1, 0.15) is 0 Å². The minimum atomic E-state index is -1.00. The van der Waals surface area contributed by atoms with Crippen molar-refractivity contribution in [2.45, 2.75) is 31.7 Å². The van der Waals surface area contributed by atoms with Gasteiger partial charge in [-0.15, -0.1) is 0 Å². The molecule has 0 saturated carbocycles. The van der Waals surface area contributed by atoms with E-state index < -0.39 is 12.0 Å². The third-order valence-electron chi connectivity index (χ3n) is 3.92. The van der Waals surface area contributed by atoms with E-state index in [0.717, 1.165) is 12.0 Å². The SMILES string of the molecule is CCC(CC(=O)N1CCOCC1C(=O)O)c1ccccc1. The Balaban J connectivity index is 2.06. The third kappa shape index (κ3) is 3.82. The molecule has 114 valence electrons. The number of amides is 1. The van der Waals surface area contributed by atoms with E-state index in [1.165, 1.54) is 4.90 Å². The van der Waals surface area contributed by atoms with E-state index in [2.05, 4.69) is 0 Å². The van der Waals surface area contributed by atoms with Crippen LogP contribution in [0.15, 0.2) is 30.3 Å². The van der Waals surface area contributed by atoms with Crippen molar-refractivity contribution >= 4 is 11.9 Å². The van der Waals surface area contributed by atoms with Crippen molar-refractivity contribution in [3.05, 3.63) is 35.9 Å². The van der Waals surface area contributed by atoms with Gasteiger partial charge in [-0.25, -0.2) is 4.79 Å². The number of carboxylic acids is 1. The number of carbonyl (C=O) groups excluding carboxylic acids is 1. The molecular weight excluding hydrogens is 270 g/mol. The molecule has 1 aromatic carbocycles. The van der Waals surface area contributed by atoms with Crippen LogP contribution in [0.25, 0.3) is 0 Å². The number of hydrogen-bond acceptors (Lipinski definition) is 3. The summed E-state index contributed by atoms with van der Waals surface area (Å²) < 4.78 is 5.17. The molecule has 2 rings (SSSR count). The lowest BCUT2D eigenvalue weighted by atomic mass is 9.92. The van der Waals surface area contributed by atoms with Gasteiger partial charge in [0.2, 0.25) is 5.91 Å². The molecule has 1 aliphatic heterocycles. The molecule has 0 bridgehead atoms. The van der Waals surface area contributed by atoms with Gasteiger partial charge < -0.3 is 14.7 Å². The normalized spacial score (nSPS) is 20.0. The number of ether oxygens (including phenoxy) is 1. The number of nitrogens with zero attached hydrogens (tertiary/aromatic N) is 1. The van der Waals surface area contributed by atoms with Gasteiger partial charge in [-0.2, -0.15) is 0 Å². The molecule has 0 radical (unpaired) electrons. The highest BCUT2D eigenvalue weighted by atomic mass is 16.5. The summed E-state index contributed by atoms with van der Waals surface area (Å²) in [6.07, 6.45) is 1.18. The van der Waals surface area contributed by atoms with Crippen LogP contribution in [0, 0.1) is 0 Å². The fraction of sp³-hybridized carbons (Fsp3) is 0.500. The van der Waals surface area contributed by atoms with E-state index in [4.69, 9.17) is 4.74 Å². The molecular formula is C16H21NO4. The van der Waals surface area contributed by atoms with Crippen molar-refractivity contribution in [1.29, 1.82) is 0 Å². The van der Waals surface area contributed by atoms with Crippen molar-refractivity contribution in [2.75, 3.05) is 19.8 Å². The first-order chi connectivity index (χ1) is 10.1. The maximum atomic E-state index is 12.5. The van der Waals surface area contributed by atoms with Crippen molar-refractivity contribution in [1.82, 2.24) is 4.90 Å². The van der Waals surface area contributed by atoms with Crippen molar-refractivity contribution in [2.24, 2.45) is 0 Å². The molecule has 0 aromatic heterocycles. The Kier molecular flexibility index (Phi) is 5.33. The molecule has 1 amide bonds. The second-order valence-electron chi connectivity index (χ2n) is 5.24. The summed E-state index contributed by atoms with van der Waals surface area (Å²) in [5, 5.41) is 9.19. The lowest BCUT2D eigenvalue weighted by Gasteiger charge is -2.33. The lowest BCUT2D eigenvalue weighted by molar-refractivity contribution is -0.158. The number of hydrogen-bond donors (Lipinski definition) is 1. The largest absolute Gasteiger partial charge is 0.480 e. The highest BCUT2D eigenvalue weighted by Gasteiger charge is 2.33. The van der Waals surface area contributed by atoms with Crippen LogP contribution >= 0.6 is 0 Å². The van der Waals surface area contributed by atoms with E-state index in [-0.39, 0.29) is 18.4 Å². The number of morpholine rings is 1. The standard InChI is InChI=1S/C16H21NO4/c1-2-12(13-6-4-3-5-7-13)10-15(18)17-8-9-21-11-14(17)16(19)20/h3-7,12,14H,2,8-11H2,1H3,(H,19,20). The Morgan fingerprint density at radius 2 is 2.10 bits per heavy atom. The van der Waals surface area contributed by atoms with Crippen LogP contribution in [0.1, 0.15) is 31.2 Å².